The van der Waals surface area contributed by atoms with E-state index in [2.05, 4.69) is 31.2 Å². The second-order valence-corrected chi connectivity index (χ2v) is 7.73. The maximum absolute atomic E-state index is 12.5. The summed E-state index contributed by atoms with van der Waals surface area (Å²) in [5.74, 6) is 0.583. The molecule has 0 spiro atoms. The molecule has 2 atom stereocenters. The predicted molar refractivity (Wildman–Crippen MR) is 91.1 cm³/mol. The van der Waals surface area contributed by atoms with Crippen molar-refractivity contribution in [2.75, 3.05) is 0 Å². The van der Waals surface area contributed by atoms with E-state index in [4.69, 9.17) is 4.52 Å². The number of rotatable bonds is 3. The van der Waals surface area contributed by atoms with E-state index in [1.165, 1.54) is 19.3 Å². The van der Waals surface area contributed by atoms with E-state index >= 15 is 0 Å². The molecular formula is C19H26N2O2. The van der Waals surface area contributed by atoms with Crippen molar-refractivity contribution in [1.29, 1.82) is 0 Å². The van der Waals surface area contributed by atoms with E-state index in [9.17, 15) is 4.79 Å². The number of fused-ring (bicyclic) bond motifs is 1. The molecule has 0 bridgehead atoms. The molecule has 1 aliphatic carbocycles. The highest BCUT2D eigenvalue weighted by Crippen LogP contribution is 2.38. The van der Waals surface area contributed by atoms with Crippen LogP contribution < -0.4 is 5.32 Å². The number of nitrogens with zero attached hydrogens (tertiary/aromatic N) is 1. The Labute approximate surface area is 137 Å². The molecule has 1 aromatic carbocycles. The molecule has 1 aliphatic rings. The molecule has 2 aromatic rings. The molecule has 1 heterocycles. The summed E-state index contributed by atoms with van der Waals surface area (Å²) >= 11 is 0. The van der Waals surface area contributed by atoms with Crippen molar-refractivity contribution in [3.63, 3.8) is 0 Å². The zero-order valence-corrected chi connectivity index (χ0v) is 14.3. The Morgan fingerprint density at radius 1 is 1.26 bits per heavy atom. The molecule has 23 heavy (non-hydrogen) atoms. The summed E-state index contributed by atoms with van der Waals surface area (Å²) in [6.07, 6.45) is 5.02. The quantitative estimate of drug-likeness (QED) is 0.928. The van der Waals surface area contributed by atoms with Crippen LogP contribution in [0, 0.1) is 11.3 Å². The first-order valence-electron chi connectivity index (χ1n) is 8.58. The maximum atomic E-state index is 12.5. The van der Waals surface area contributed by atoms with Crippen molar-refractivity contribution in [3.05, 3.63) is 30.0 Å². The van der Waals surface area contributed by atoms with E-state index < -0.39 is 0 Å². The van der Waals surface area contributed by atoms with Gasteiger partial charge in [0.2, 0.25) is 5.91 Å². The summed E-state index contributed by atoms with van der Waals surface area (Å²) in [4.78, 5) is 12.5. The van der Waals surface area contributed by atoms with Gasteiger partial charge in [-0.25, -0.2) is 0 Å². The number of aromatic nitrogens is 1. The molecule has 0 radical (unpaired) electrons. The summed E-state index contributed by atoms with van der Waals surface area (Å²) < 4.78 is 5.29. The molecule has 124 valence electrons. The third-order valence-corrected chi connectivity index (χ3v) is 5.00. The van der Waals surface area contributed by atoms with Crippen LogP contribution in [0.4, 0.5) is 0 Å². The van der Waals surface area contributed by atoms with E-state index in [1.54, 1.807) is 0 Å². The number of carbonyl (C=O) groups is 1. The van der Waals surface area contributed by atoms with Gasteiger partial charge in [0.1, 0.15) is 5.69 Å². The van der Waals surface area contributed by atoms with Crippen LogP contribution in [0.5, 0.6) is 0 Å². The average Bonchev–Trinajstić information content (AvgIpc) is 2.90. The minimum atomic E-state index is 0.0465. The first-order valence-corrected chi connectivity index (χ1v) is 8.58. The van der Waals surface area contributed by atoms with Crippen LogP contribution in [0.1, 0.15) is 52.1 Å². The van der Waals surface area contributed by atoms with Crippen molar-refractivity contribution in [2.45, 2.75) is 58.9 Å². The molecule has 1 fully saturated rings. The fourth-order valence-electron chi connectivity index (χ4n) is 3.82. The Morgan fingerprint density at radius 2 is 2.00 bits per heavy atom. The van der Waals surface area contributed by atoms with Gasteiger partial charge in [0.25, 0.3) is 0 Å². The molecule has 2 unspecified atom stereocenters. The van der Waals surface area contributed by atoms with Gasteiger partial charge in [0.05, 0.1) is 6.42 Å². The zero-order chi connectivity index (χ0) is 16.4. The van der Waals surface area contributed by atoms with E-state index in [-0.39, 0.29) is 23.8 Å². The van der Waals surface area contributed by atoms with Crippen molar-refractivity contribution in [3.8, 4) is 0 Å². The second-order valence-electron chi connectivity index (χ2n) is 7.73. The van der Waals surface area contributed by atoms with E-state index in [0.717, 1.165) is 23.1 Å². The number of hydrogen-bond acceptors (Lipinski definition) is 3. The third-order valence-electron chi connectivity index (χ3n) is 5.00. The van der Waals surface area contributed by atoms with Gasteiger partial charge in [-0.15, -0.1) is 0 Å². The highest BCUT2D eigenvalue weighted by Gasteiger charge is 2.34. The Hall–Kier alpha value is -1.84. The Bertz CT molecular complexity index is 684. The predicted octanol–water partition coefficient (Wildman–Crippen LogP) is 4.09. The summed E-state index contributed by atoms with van der Waals surface area (Å²) in [5, 5.41) is 8.25. The van der Waals surface area contributed by atoms with Gasteiger partial charge in [0, 0.05) is 11.4 Å². The minimum Gasteiger partial charge on any atom is -0.356 e. The second kappa shape index (κ2) is 6.34. The lowest BCUT2D eigenvalue weighted by molar-refractivity contribution is -0.122. The van der Waals surface area contributed by atoms with Crippen LogP contribution in [0.25, 0.3) is 11.0 Å². The summed E-state index contributed by atoms with van der Waals surface area (Å²) in [7, 11) is 0. The Balaban J connectivity index is 1.69. The zero-order valence-electron chi connectivity index (χ0n) is 14.3. The van der Waals surface area contributed by atoms with Crippen LogP contribution in [0.3, 0.4) is 0 Å². The van der Waals surface area contributed by atoms with Crippen molar-refractivity contribution >= 4 is 16.9 Å². The largest absolute Gasteiger partial charge is 0.356 e. The number of amides is 1. The molecule has 1 amide bonds. The minimum absolute atomic E-state index is 0.0465. The fraction of sp³-hybridized carbons (Fsp3) is 0.579. The Morgan fingerprint density at radius 3 is 2.78 bits per heavy atom. The first-order chi connectivity index (χ1) is 10.9. The van der Waals surface area contributed by atoms with E-state index in [0.29, 0.717) is 5.92 Å². The standard InChI is InChI=1S/C19H26N2O2/c1-19(2,3)14-9-5-6-10-15(14)20-18(22)12-16-13-8-4-7-11-17(13)23-21-16/h4,7-8,11,14-15H,5-6,9-10,12H2,1-3H3,(H,20,22). The molecule has 1 aromatic heterocycles. The molecule has 0 aliphatic heterocycles. The summed E-state index contributed by atoms with van der Waals surface area (Å²) in [6.45, 7) is 6.81. The molecule has 4 heteroatoms. The van der Waals surface area contributed by atoms with E-state index in [1.807, 2.05) is 24.3 Å². The molecule has 1 N–H and O–H groups in total. The van der Waals surface area contributed by atoms with Gasteiger partial charge in [-0.3, -0.25) is 4.79 Å². The fourth-order valence-corrected chi connectivity index (χ4v) is 3.82. The Kier molecular flexibility index (Phi) is 4.42. The van der Waals surface area contributed by atoms with Gasteiger partial charge in [0.15, 0.2) is 5.58 Å². The van der Waals surface area contributed by atoms with Crippen molar-refractivity contribution in [2.24, 2.45) is 11.3 Å². The number of hydrogen-bond donors (Lipinski definition) is 1. The molecule has 3 rings (SSSR count). The SMILES string of the molecule is CC(C)(C)C1CCCCC1NC(=O)Cc1noc2ccccc12. The smallest absolute Gasteiger partial charge is 0.226 e. The lowest BCUT2D eigenvalue weighted by atomic mass is 9.69. The molecule has 1 saturated carbocycles. The van der Waals surface area contributed by atoms with Gasteiger partial charge in [-0.05, 0) is 36.3 Å². The van der Waals surface area contributed by atoms with Gasteiger partial charge >= 0.3 is 0 Å². The summed E-state index contributed by atoms with van der Waals surface area (Å²) in [5.41, 5.74) is 1.68. The highest BCUT2D eigenvalue weighted by atomic mass is 16.5. The highest BCUT2D eigenvalue weighted by molar-refractivity contribution is 5.86. The topological polar surface area (TPSA) is 55.1 Å². The molecule has 4 nitrogen and oxygen atoms in total. The lowest BCUT2D eigenvalue weighted by Gasteiger charge is -2.40. The van der Waals surface area contributed by atoms with Crippen molar-refractivity contribution < 1.29 is 9.32 Å². The number of nitrogens with one attached hydrogen (secondary N) is 1. The van der Waals surface area contributed by atoms with Gasteiger partial charge in [-0.2, -0.15) is 0 Å². The average molecular weight is 314 g/mol. The van der Waals surface area contributed by atoms with Crippen LogP contribution >= 0.6 is 0 Å². The normalized spacial score (nSPS) is 22.2. The van der Waals surface area contributed by atoms with Gasteiger partial charge < -0.3 is 9.84 Å². The van der Waals surface area contributed by atoms with Crippen molar-refractivity contribution in [1.82, 2.24) is 10.5 Å². The third kappa shape index (κ3) is 3.57. The van der Waals surface area contributed by atoms with Crippen LogP contribution in [-0.4, -0.2) is 17.1 Å². The van der Waals surface area contributed by atoms with Crippen LogP contribution in [0.15, 0.2) is 28.8 Å². The van der Waals surface area contributed by atoms with Gasteiger partial charge in [-0.1, -0.05) is 50.9 Å². The maximum Gasteiger partial charge on any atom is 0.226 e. The number of para-hydroxylation sites is 1. The molecular weight excluding hydrogens is 288 g/mol. The monoisotopic (exact) mass is 314 g/mol. The lowest BCUT2D eigenvalue weighted by Crippen LogP contribution is -2.47. The summed E-state index contributed by atoms with van der Waals surface area (Å²) in [6, 6.07) is 7.95. The van der Waals surface area contributed by atoms with Crippen LogP contribution in [-0.2, 0) is 11.2 Å². The number of benzene rings is 1. The molecule has 0 saturated heterocycles. The number of carbonyl (C=O) groups excluding carboxylic acids is 1. The van der Waals surface area contributed by atoms with Crippen LogP contribution in [0.2, 0.25) is 0 Å². The first kappa shape index (κ1) is 16.0.